The van der Waals surface area contributed by atoms with Gasteiger partial charge in [0.2, 0.25) is 0 Å². The molecule has 0 aliphatic heterocycles. The summed E-state index contributed by atoms with van der Waals surface area (Å²) in [4.78, 5) is 16.6. The van der Waals surface area contributed by atoms with E-state index in [-0.39, 0.29) is 5.78 Å². The number of aromatic nitrogens is 1. The molecule has 0 saturated carbocycles. The summed E-state index contributed by atoms with van der Waals surface area (Å²) in [6, 6.07) is 7.91. The minimum absolute atomic E-state index is 0.131. The van der Waals surface area contributed by atoms with Gasteiger partial charge in [0.15, 0.2) is 10.1 Å². The number of carbonyl (C=O) groups is 1. The SMILES string of the molecule is CC(=O)c1c(C)cc(C)c(CSc2nc3ccc(N)cc3s2)c1C. The lowest BCUT2D eigenvalue weighted by atomic mass is 9.92. The smallest absolute Gasteiger partial charge is 0.160 e. The van der Waals surface area contributed by atoms with Crippen molar-refractivity contribution >= 4 is 44.8 Å². The van der Waals surface area contributed by atoms with Crippen LogP contribution in [0.1, 0.15) is 39.5 Å². The fourth-order valence-corrected chi connectivity index (χ4v) is 5.41. The van der Waals surface area contributed by atoms with Crippen molar-refractivity contribution in [1.82, 2.24) is 4.98 Å². The summed E-state index contributed by atoms with van der Waals surface area (Å²) in [6.07, 6.45) is 0. The summed E-state index contributed by atoms with van der Waals surface area (Å²) in [5, 5.41) is 0. The first-order chi connectivity index (χ1) is 11.4. The van der Waals surface area contributed by atoms with Crippen LogP contribution in [0.15, 0.2) is 28.6 Å². The number of nitrogens with two attached hydrogens (primary N) is 1. The molecule has 2 aromatic carbocycles. The van der Waals surface area contributed by atoms with Gasteiger partial charge in [0, 0.05) is 17.0 Å². The van der Waals surface area contributed by atoms with Crippen LogP contribution in [-0.2, 0) is 5.75 Å². The van der Waals surface area contributed by atoms with E-state index in [2.05, 4.69) is 18.0 Å². The monoisotopic (exact) mass is 356 g/mol. The van der Waals surface area contributed by atoms with Gasteiger partial charge in [-0.3, -0.25) is 4.79 Å². The van der Waals surface area contributed by atoms with Gasteiger partial charge in [-0.25, -0.2) is 4.98 Å². The number of hydrogen-bond acceptors (Lipinski definition) is 5. The highest BCUT2D eigenvalue weighted by molar-refractivity contribution is 8.00. The average Bonchev–Trinajstić information content (AvgIpc) is 2.87. The van der Waals surface area contributed by atoms with Gasteiger partial charge in [-0.05, 0) is 68.1 Å². The first-order valence-electron chi connectivity index (χ1n) is 7.76. The molecule has 0 atom stereocenters. The van der Waals surface area contributed by atoms with Crippen LogP contribution in [0, 0.1) is 20.8 Å². The number of carbonyl (C=O) groups excluding carboxylic acids is 1. The quantitative estimate of drug-likeness (QED) is 0.391. The van der Waals surface area contributed by atoms with Crippen LogP contribution in [0.2, 0.25) is 0 Å². The van der Waals surface area contributed by atoms with E-state index >= 15 is 0 Å². The third kappa shape index (κ3) is 3.19. The molecule has 0 radical (unpaired) electrons. The Hall–Kier alpha value is -1.85. The molecule has 0 bridgehead atoms. The maximum Gasteiger partial charge on any atom is 0.160 e. The van der Waals surface area contributed by atoms with E-state index in [1.807, 2.05) is 32.0 Å². The van der Waals surface area contributed by atoms with Crippen molar-refractivity contribution in [2.45, 2.75) is 37.8 Å². The normalized spacial score (nSPS) is 11.2. The molecular formula is C19H20N2OS2. The molecule has 24 heavy (non-hydrogen) atoms. The van der Waals surface area contributed by atoms with Crippen LogP contribution >= 0.6 is 23.1 Å². The zero-order valence-corrected chi connectivity index (χ0v) is 15.9. The van der Waals surface area contributed by atoms with Gasteiger partial charge in [0.05, 0.1) is 10.2 Å². The van der Waals surface area contributed by atoms with Crippen LogP contribution < -0.4 is 5.73 Å². The molecular weight excluding hydrogens is 336 g/mol. The minimum Gasteiger partial charge on any atom is -0.399 e. The predicted octanol–water partition coefficient (Wildman–Crippen LogP) is 5.30. The van der Waals surface area contributed by atoms with E-state index in [9.17, 15) is 4.79 Å². The van der Waals surface area contributed by atoms with Crippen molar-refractivity contribution in [3.05, 3.63) is 52.1 Å². The summed E-state index contributed by atoms with van der Waals surface area (Å²) in [7, 11) is 0. The van der Waals surface area contributed by atoms with E-state index in [1.54, 1.807) is 30.0 Å². The van der Waals surface area contributed by atoms with Gasteiger partial charge in [0.25, 0.3) is 0 Å². The number of thioether (sulfide) groups is 1. The van der Waals surface area contributed by atoms with Crippen molar-refractivity contribution in [1.29, 1.82) is 0 Å². The lowest BCUT2D eigenvalue weighted by Crippen LogP contribution is -2.05. The van der Waals surface area contributed by atoms with E-state index in [4.69, 9.17) is 5.73 Å². The largest absolute Gasteiger partial charge is 0.399 e. The Balaban J connectivity index is 1.90. The standard InChI is InChI=1S/C19H20N2OS2/c1-10-7-11(2)18(13(4)22)12(3)15(10)9-23-19-21-16-6-5-14(20)8-17(16)24-19/h5-8H,9,20H2,1-4H3. The Labute approximate surface area is 150 Å². The van der Waals surface area contributed by atoms with Crippen molar-refractivity contribution in [2.75, 3.05) is 5.73 Å². The fourth-order valence-electron chi connectivity index (χ4n) is 3.11. The van der Waals surface area contributed by atoms with Gasteiger partial charge in [-0.1, -0.05) is 17.8 Å². The van der Waals surface area contributed by atoms with Gasteiger partial charge < -0.3 is 5.73 Å². The highest BCUT2D eigenvalue weighted by Gasteiger charge is 2.15. The van der Waals surface area contributed by atoms with Crippen LogP contribution in [0.25, 0.3) is 10.2 Å². The molecule has 0 amide bonds. The lowest BCUT2D eigenvalue weighted by Gasteiger charge is -2.15. The topological polar surface area (TPSA) is 56.0 Å². The van der Waals surface area contributed by atoms with E-state index in [1.165, 1.54) is 11.1 Å². The van der Waals surface area contributed by atoms with Crippen molar-refractivity contribution in [3.8, 4) is 0 Å². The Morgan fingerprint density at radius 3 is 2.67 bits per heavy atom. The van der Waals surface area contributed by atoms with Crippen molar-refractivity contribution in [3.63, 3.8) is 0 Å². The molecule has 3 aromatic rings. The summed E-state index contributed by atoms with van der Waals surface area (Å²) in [5.74, 6) is 0.944. The molecule has 3 nitrogen and oxygen atoms in total. The number of aryl methyl sites for hydroxylation is 2. The van der Waals surface area contributed by atoms with E-state index in [0.717, 1.165) is 42.7 Å². The van der Waals surface area contributed by atoms with E-state index < -0.39 is 0 Å². The summed E-state index contributed by atoms with van der Waals surface area (Å²) < 4.78 is 2.14. The first kappa shape index (κ1) is 17.0. The van der Waals surface area contributed by atoms with Crippen LogP contribution in [0.3, 0.4) is 0 Å². The second-order valence-corrected chi connectivity index (χ2v) is 8.29. The second kappa shape index (κ2) is 6.57. The first-order valence-corrected chi connectivity index (χ1v) is 9.56. The number of ketones is 1. The minimum atomic E-state index is 0.131. The number of Topliss-reactive ketones (excluding diaryl/α,β-unsaturated/α-hetero) is 1. The van der Waals surface area contributed by atoms with Crippen molar-refractivity contribution < 1.29 is 4.79 Å². The maximum atomic E-state index is 11.9. The molecule has 5 heteroatoms. The Kier molecular flexibility index (Phi) is 4.65. The molecule has 3 rings (SSSR count). The average molecular weight is 357 g/mol. The van der Waals surface area contributed by atoms with Crippen LogP contribution in [0.4, 0.5) is 5.69 Å². The number of fused-ring (bicyclic) bond motifs is 1. The number of hydrogen-bond donors (Lipinski definition) is 1. The zero-order valence-electron chi connectivity index (χ0n) is 14.3. The molecule has 0 spiro atoms. The Morgan fingerprint density at radius 1 is 1.21 bits per heavy atom. The number of benzene rings is 2. The predicted molar refractivity (Wildman–Crippen MR) is 104 cm³/mol. The summed E-state index contributed by atoms with van der Waals surface area (Å²) in [6.45, 7) is 7.80. The Bertz CT molecular complexity index is 944. The third-order valence-corrected chi connectivity index (χ3v) is 6.40. The third-order valence-electron chi connectivity index (χ3n) is 4.22. The molecule has 2 N–H and O–H groups in total. The Morgan fingerprint density at radius 2 is 1.96 bits per heavy atom. The van der Waals surface area contributed by atoms with Gasteiger partial charge in [0.1, 0.15) is 0 Å². The molecule has 0 saturated heterocycles. The second-order valence-electron chi connectivity index (χ2n) is 6.04. The molecule has 0 aliphatic carbocycles. The number of nitrogen functional groups attached to an aromatic ring is 1. The molecule has 0 aliphatic rings. The van der Waals surface area contributed by atoms with Crippen LogP contribution in [-0.4, -0.2) is 10.8 Å². The van der Waals surface area contributed by atoms with Gasteiger partial charge in [-0.15, -0.1) is 11.3 Å². The summed E-state index contributed by atoms with van der Waals surface area (Å²) >= 11 is 3.38. The molecule has 0 fully saturated rings. The lowest BCUT2D eigenvalue weighted by molar-refractivity contribution is 0.101. The molecule has 1 aromatic heterocycles. The molecule has 0 unspecified atom stereocenters. The highest BCUT2D eigenvalue weighted by atomic mass is 32.2. The highest BCUT2D eigenvalue weighted by Crippen LogP contribution is 2.34. The number of anilines is 1. The maximum absolute atomic E-state index is 11.9. The van der Waals surface area contributed by atoms with E-state index in [0.29, 0.717) is 0 Å². The number of thiazole rings is 1. The fraction of sp³-hybridized carbons (Fsp3) is 0.263. The zero-order chi connectivity index (χ0) is 17.4. The van der Waals surface area contributed by atoms with Gasteiger partial charge in [-0.2, -0.15) is 0 Å². The van der Waals surface area contributed by atoms with Crippen molar-refractivity contribution in [2.24, 2.45) is 0 Å². The van der Waals surface area contributed by atoms with Crippen LogP contribution in [0.5, 0.6) is 0 Å². The van der Waals surface area contributed by atoms with Gasteiger partial charge >= 0.3 is 0 Å². The number of nitrogens with zero attached hydrogens (tertiary/aromatic N) is 1. The molecule has 124 valence electrons. The molecule has 1 heterocycles. The summed E-state index contributed by atoms with van der Waals surface area (Å²) in [5.41, 5.74) is 13.1. The number of rotatable bonds is 4.